The number of hydrogen-bond donors (Lipinski definition) is 1. The SMILES string of the molecule is O=C(CCCCc1ccc(C(=O)O)nc1)OCc1ccccc1. The third-order valence-corrected chi connectivity index (χ3v) is 3.38. The third-order valence-electron chi connectivity index (χ3n) is 3.38. The molecule has 1 N–H and O–H groups in total. The van der Waals surface area contributed by atoms with Crippen molar-refractivity contribution in [1.82, 2.24) is 4.98 Å². The van der Waals surface area contributed by atoms with Gasteiger partial charge in [-0.3, -0.25) is 4.79 Å². The van der Waals surface area contributed by atoms with E-state index in [1.54, 1.807) is 12.3 Å². The van der Waals surface area contributed by atoms with Gasteiger partial charge in [-0.25, -0.2) is 9.78 Å². The van der Waals surface area contributed by atoms with Crippen LogP contribution in [0.25, 0.3) is 0 Å². The first-order valence-electron chi connectivity index (χ1n) is 7.53. The van der Waals surface area contributed by atoms with Gasteiger partial charge in [0.05, 0.1) is 0 Å². The fourth-order valence-corrected chi connectivity index (χ4v) is 2.11. The van der Waals surface area contributed by atoms with Crippen LogP contribution >= 0.6 is 0 Å². The number of nitrogens with zero attached hydrogens (tertiary/aromatic N) is 1. The predicted molar refractivity (Wildman–Crippen MR) is 85.0 cm³/mol. The summed E-state index contributed by atoms with van der Waals surface area (Å²) in [5.74, 6) is -1.23. The summed E-state index contributed by atoms with van der Waals surface area (Å²) in [4.78, 5) is 26.2. The molecular formula is C18H19NO4. The van der Waals surface area contributed by atoms with Crippen molar-refractivity contribution in [2.45, 2.75) is 32.3 Å². The lowest BCUT2D eigenvalue weighted by atomic mass is 10.1. The van der Waals surface area contributed by atoms with Crippen LogP contribution in [0.1, 0.15) is 40.9 Å². The minimum Gasteiger partial charge on any atom is -0.477 e. The zero-order valence-electron chi connectivity index (χ0n) is 12.8. The van der Waals surface area contributed by atoms with E-state index in [0.29, 0.717) is 13.0 Å². The van der Waals surface area contributed by atoms with Gasteiger partial charge in [-0.15, -0.1) is 0 Å². The van der Waals surface area contributed by atoms with Gasteiger partial charge in [-0.2, -0.15) is 0 Å². The molecule has 0 amide bonds. The zero-order chi connectivity index (χ0) is 16.5. The van der Waals surface area contributed by atoms with E-state index in [9.17, 15) is 9.59 Å². The number of aromatic carboxylic acids is 1. The van der Waals surface area contributed by atoms with Crippen molar-refractivity contribution < 1.29 is 19.4 Å². The van der Waals surface area contributed by atoms with Gasteiger partial charge < -0.3 is 9.84 Å². The van der Waals surface area contributed by atoms with E-state index in [2.05, 4.69) is 4.98 Å². The molecule has 0 saturated carbocycles. The van der Waals surface area contributed by atoms with Crippen molar-refractivity contribution in [1.29, 1.82) is 0 Å². The Bertz CT molecular complexity index is 638. The largest absolute Gasteiger partial charge is 0.477 e. The molecule has 2 rings (SSSR count). The quantitative estimate of drug-likeness (QED) is 0.598. The van der Waals surface area contributed by atoms with Crippen LogP contribution in [0.15, 0.2) is 48.7 Å². The predicted octanol–water partition coefficient (Wildman–Crippen LogP) is 3.24. The number of carboxylic acids is 1. The van der Waals surface area contributed by atoms with E-state index in [1.807, 2.05) is 30.3 Å². The number of aryl methyl sites for hydroxylation is 1. The molecule has 23 heavy (non-hydrogen) atoms. The van der Waals surface area contributed by atoms with Crippen LogP contribution in [0.2, 0.25) is 0 Å². The Morgan fingerprint density at radius 2 is 1.78 bits per heavy atom. The van der Waals surface area contributed by atoms with Crippen LogP contribution in [-0.4, -0.2) is 22.0 Å². The molecule has 1 aromatic carbocycles. The maximum Gasteiger partial charge on any atom is 0.354 e. The number of pyridine rings is 1. The zero-order valence-corrected chi connectivity index (χ0v) is 12.8. The Balaban J connectivity index is 1.63. The number of aromatic nitrogens is 1. The number of carbonyl (C=O) groups is 2. The minimum atomic E-state index is -1.03. The number of ether oxygens (including phenoxy) is 1. The highest BCUT2D eigenvalue weighted by molar-refractivity contribution is 5.85. The lowest BCUT2D eigenvalue weighted by molar-refractivity contribution is -0.145. The summed E-state index contributed by atoms with van der Waals surface area (Å²) in [7, 11) is 0. The van der Waals surface area contributed by atoms with Gasteiger partial charge in [0, 0.05) is 12.6 Å². The van der Waals surface area contributed by atoms with E-state index in [1.165, 1.54) is 6.07 Å². The van der Waals surface area contributed by atoms with Crippen LogP contribution in [-0.2, 0) is 22.6 Å². The minimum absolute atomic E-state index is 0.0400. The molecule has 5 heteroatoms. The molecule has 0 aliphatic rings. The number of carboxylic acid groups (broad SMARTS) is 1. The number of rotatable bonds is 8. The Kier molecular flexibility index (Phi) is 6.29. The van der Waals surface area contributed by atoms with Crippen molar-refractivity contribution in [3.63, 3.8) is 0 Å². The Labute approximate surface area is 134 Å². The summed E-state index contributed by atoms with van der Waals surface area (Å²) in [6.07, 6.45) is 4.27. The van der Waals surface area contributed by atoms with Crippen LogP contribution in [0.5, 0.6) is 0 Å². The normalized spacial score (nSPS) is 10.3. The summed E-state index contributed by atoms with van der Waals surface area (Å²) >= 11 is 0. The number of benzene rings is 1. The monoisotopic (exact) mass is 313 g/mol. The number of carbonyl (C=O) groups excluding carboxylic acids is 1. The standard InChI is InChI=1S/C18H19NO4/c20-17(23-13-15-7-2-1-3-8-15)9-5-4-6-14-10-11-16(18(21)22)19-12-14/h1-3,7-8,10-12H,4-6,9,13H2,(H,21,22). The van der Waals surface area contributed by atoms with Crippen molar-refractivity contribution in [3.05, 3.63) is 65.5 Å². The van der Waals surface area contributed by atoms with E-state index in [4.69, 9.17) is 9.84 Å². The van der Waals surface area contributed by atoms with Gasteiger partial charge >= 0.3 is 11.9 Å². The molecule has 0 bridgehead atoms. The first-order valence-corrected chi connectivity index (χ1v) is 7.53. The van der Waals surface area contributed by atoms with Gasteiger partial charge in [-0.05, 0) is 36.5 Å². The summed E-state index contributed by atoms with van der Waals surface area (Å²) in [6.45, 7) is 0.306. The Hall–Kier alpha value is -2.69. The molecule has 0 spiro atoms. The van der Waals surface area contributed by atoms with Crippen LogP contribution in [0, 0.1) is 0 Å². The smallest absolute Gasteiger partial charge is 0.354 e. The first kappa shape index (κ1) is 16.7. The van der Waals surface area contributed by atoms with Gasteiger partial charge in [0.25, 0.3) is 0 Å². The van der Waals surface area contributed by atoms with E-state index in [-0.39, 0.29) is 11.7 Å². The maximum atomic E-state index is 11.6. The maximum absolute atomic E-state index is 11.6. The average Bonchev–Trinajstić information content (AvgIpc) is 2.58. The lowest BCUT2D eigenvalue weighted by Gasteiger charge is -2.05. The van der Waals surface area contributed by atoms with Crippen LogP contribution in [0.4, 0.5) is 0 Å². The van der Waals surface area contributed by atoms with Crippen molar-refractivity contribution in [3.8, 4) is 0 Å². The molecule has 5 nitrogen and oxygen atoms in total. The molecule has 1 heterocycles. The fourth-order valence-electron chi connectivity index (χ4n) is 2.11. The van der Waals surface area contributed by atoms with Gasteiger partial charge in [0.2, 0.25) is 0 Å². The molecule has 120 valence electrons. The highest BCUT2D eigenvalue weighted by Gasteiger charge is 2.05. The van der Waals surface area contributed by atoms with Gasteiger partial charge in [0.1, 0.15) is 12.3 Å². The average molecular weight is 313 g/mol. The van der Waals surface area contributed by atoms with Crippen molar-refractivity contribution in [2.24, 2.45) is 0 Å². The van der Waals surface area contributed by atoms with Crippen LogP contribution in [0.3, 0.4) is 0 Å². The second kappa shape index (κ2) is 8.68. The van der Waals surface area contributed by atoms with E-state index >= 15 is 0 Å². The van der Waals surface area contributed by atoms with Gasteiger partial charge in [-0.1, -0.05) is 36.4 Å². The first-order chi connectivity index (χ1) is 11.1. The summed E-state index contributed by atoms with van der Waals surface area (Å²) in [6, 6.07) is 12.8. The van der Waals surface area contributed by atoms with E-state index < -0.39 is 5.97 Å². The highest BCUT2D eigenvalue weighted by atomic mass is 16.5. The number of unbranched alkanes of at least 4 members (excludes halogenated alkanes) is 1. The summed E-state index contributed by atoms with van der Waals surface area (Å²) in [5, 5.41) is 8.77. The van der Waals surface area contributed by atoms with Gasteiger partial charge in [0.15, 0.2) is 0 Å². The molecule has 1 aromatic heterocycles. The molecule has 0 atom stereocenters. The molecule has 0 unspecified atom stereocenters. The van der Waals surface area contributed by atoms with Crippen LogP contribution < -0.4 is 0 Å². The second-order valence-electron chi connectivity index (χ2n) is 5.21. The summed E-state index contributed by atoms with van der Waals surface area (Å²) < 4.78 is 5.21. The Morgan fingerprint density at radius 3 is 2.43 bits per heavy atom. The third kappa shape index (κ3) is 5.90. The van der Waals surface area contributed by atoms with Crippen molar-refractivity contribution in [2.75, 3.05) is 0 Å². The number of esters is 1. The number of hydrogen-bond acceptors (Lipinski definition) is 4. The molecular weight excluding hydrogens is 294 g/mol. The lowest BCUT2D eigenvalue weighted by Crippen LogP contribution is -2.04. The molecule has 0 aliphatic heterocycles. The highest BCUT2D eigenvalue weighted by Crippen LogP contribution is 2.08. The molecule has 0 radical (unpaired) electrons. The molecule has 0 saturated heterocycles. The summed E-state index contributed by atoms with van der Waals surface area (Å²) in [5.41, 5.74) is 1.98. The Morgan fingerprint density at radius 1 is 1.00 bits per heavy atom. The fraction of sp³-hybridized carbons (Fsp3) is 0.278. The second-order valence-corrected chi connectivity index (χ2v) is 5.21. The van der Waals surface area contributed by atoms with E-state index in [0.717, 1.165) is 30.4 Å². The topological polar surface area (TPSA) is 76.5 Å². The molecule has 0 aliphatic carbocycles. The molecule has 2 aromatic rings. The van der Waals surface area contributed by atoms with Crippen molar-refractivity contribution >= 4 is 11.9 Å². The molecule has 0 fully saturated rings.